The molecule has 122 valence electrons. The molecule has 5 nitrogen and oxygen atoms in total. The lowest BCUT2D eigenvalue weighted by atomic mass is 10.2. The summed E-state index contributed by atoms with van der Waals surface area (Å²) in [7, 11) is 1.54. The predicted octanol–water partition coefficient (Wildman–Crippen LogP) is 3.84. The SMILES string of the molecule is CCc1sc(C(=O)Nc2cc(NC(C)=O)ccc2OC)cc1C. The van der Waals surface area contributed by atoms with Crippen LogP contribution in [-0.2, 0) is 11.2 Å². The lowest BCUT2D eigenvalue weighted by Gasteiger charge is -2.12. The first kappa shape index (κ1) is 17.0. The van der Waals surface area contributed by atoms with Gasteiger partial charge >= 0.3 is 0 Å². The van der Waals surface area contributed by atoms with Crippen LogP contribution in [-0.4, -0.2) is 18.9 Å². The fourth-order valence-electron chi connectivity index (χ4n) is 2.25. The molecule has 2 N–H and O–H groups in total. The van der Waals surface area contributed by atoms with E-state index in [4.69, 9.17) is 4.74 Å². The molecule has 2 aromatic rings. The van der Waals surface area contributed by atoms with Gasteiger partial charge in [0.2, 0.25) is 5.91 Å². The third-order valence-electron chi connectivity index (χ3n) is 3.33. The van der Waals surface area contributed by atoms with Gasteiger partial charge in [0.15, 0.2) is 0 Å². The first-order valence-electron chi connectivity index (χ1n) is 7.30. The Hall–Kier alpha value is -2.34. The highest BCUT2D eigenvalue weighted by Gasteiger charge is 2.14. The van der Waals surface area contributed by atoms with Gasteiger partial charge in [-0.2, -0.15) is 0 Å². The van der Waals surface area contributed by atoms with Crippen LogP contribution in [0.1, 0.15) is 34.0 Å². The predicted molar refractivity (Wildman–Crippen MR) is 93.7 cm³/mol. The zero-order valence-electron chi connectivity index (χ0n) is 13.6. The first-order valence-corrected chi connectivity index (χ1v) is 8.12. The molecule has 23 heavy (non-hydrogen) atoms. The standard InChI is InChI=1S/C17H20N2O3S/c1-5-15-10(2)8-16(23-15)17(21)19-13-9-12(18-11(3)20)6-7-14(13)22-4/h6-9H,5H2,1-4H3,(H,18,20)(H,19,21). The summed E-state index contributed by atoms with van der Waals surface area (Å²) in [5, 5.41) is 5.54. The van der Waals surface area contributed by atoms with E-state index in [0.29, 0.717) is 22.0 Å². The van der Waals surface area contributed by atoms with Gasteiger partial charge in [-0.05, 0) is 43.2 Å². The average Bonchev–Trinajstić information content (AvgIpc) is 2.88. The fourth-order valence-corrected chi connectivity index (χ4v) is 3.26. The topological polar surface area (TPSA) is 67.4 Å². The Bertz CT molecular complexity index is 737. The van der Waals surface area contributed by atoms with Crippen LogP contribution in [0, 0.1) is 6.92 Å². The van der Waals surface area contributed by atoms with Crippen LogP contribution in [0.15, 0.2) is 24.3 Å². The quantitative estimate of drug-likeness (QED) is 0.874. The number of anilines is 2. The Kier molecular flexibility index (Phi) is 5.39. The molecule has 0 aliphatic carbocycles. The van der Waals surface area contributed by atoms with Gasteiger partial charge in [0.25, 0.3) is 5.91 Å². The number of carbonyl (C=O) groups excluding carboxylic acids is 2. The maximum absolute atomic E-state index is 12.5. The van der Waals surface area contributed by atoms with Crippen molar-refractivity contribution in [3.63, 3.8) is 0 Å². The van der Waals surface area contributed by atoms with E-state index in [1.807, 2.05) is 13.0 Å². The zero-order valence-corrected chi connectivity index (χ0v) is 14.5. The van der Waals surface area contributed by atoms with E-state index in [9.17, 15) is 9.59 Å². The van der Waals surface area contributed by atoms with Crippen LogP contribution in [0.4, 0.5) is 11.4 Å². The number of ether oxygens (including phenoxy) is 1. The van der Waals surface area contributed by atoms with Crippen molar-refractivity contribution in [2.24, 2.45) is 0 Å². The summed E-state index contributed by atoms with van der Waals surface area (Å²) in [5.41, 5.74) is 2.25. The molecule has 0 aliphatic rings. The summed E-state index contributed by atoms with van der Waals surface area (Å²) in [6.45, 7) is 5.51. The van der Waals surface area contributed by atoms with Crippen molar-refractivity contribution < 1.29 is 14.3 Å². The van der Waals surface area contributed by atoms with Crippen molar-refractivity contribution >= 4 is 34.5 Å². The molecule has 0 unspecified atom stereocenters. The minimum absolute atomic E-state index is 0.172. The van der Waals surface area contributed by atoms with E-state index < -0.39 is 0 Å². The van der Waals surface area contributed by atoms with E-state index in [2.05, 4.69) is 17.6 Å². The number of methoxy groups -OCH3 is 1. The van der Waals surface area contributed by atoms with Gasteiger partial charge in [-0.3, -0.25) is 9.59 Å². The van der Waals surface area contributed by atoms with Crippen LogP contribution in [0.5, 0.6) is 5.75 Å². The van der Waals surface area contributed by atoms with E-state index >= 15 is 0 Å². The second-order valence-electron chi connectivity index (χ2n) is 5.12. The Morgan fingerprint density at radius 3 is 2.52 bits per heavy atom. The number of nitrogens with one attached hydrogen (secondary N) is 2. The van der Waals surface area contributed by atoms with E-state index in [1.165, 1.54) is 30.2 Å². The summed E-state index contributed by atoms with van der Waals surface area (Å²) in [5.74, 6) is 0.182. The third-order valence-corrected chi connectivity index (χ3v) is 4.71. The number of thiophene rings is 1. The number of amides is 2. The maximum atomic E-state index is 12.5. The average molecular weight is 332 g/mol. The van der Waals surface area contributed by atoms with Crippen molar-refractivity contribution in [1.82, 2.24) is 0 Å². The van der Waals surface area contributed by atoms with Gasteiger partial charge in [-0.1, -0.05) is 6.92 Å². The van der Waals surface area contributed by atoms with Gasteiger partial charge in [0.1, 0.15) is 5.75 Å². The highest BCUT2D eigenvalue weighted by atomic mass is 32.1. The zero-order chi connectivity index (χ0) is 17.0. The Labute approximate surface area is 139 Å². The van der Waals surface area contributed by atoms with Crippen LogP contribution in [0.3, 0.4) is 0 Å². The fraction of sp³-hybridized carbons (Fsp3) is 0.294. The van der Waals surface area contributed by atoms with E-state index in [1.54, 1.807) is 18.2 Å². The second-order valence-corrected chi connectivity index (χ2v) is 6.26. The molecule has 1 aromatic carbocycles. The van der Waals surface area contributed by atoms with Gasteiger partial charge in [-0.15, -0.1) is 11.3 Å². The number of rotatable bonds is 5. The van der Waals surface area contributed by atoms with Crippen LogP contribution in [0.25, 0.3) is 0 Å². The minimum atomic E-state index is -0.184. The third kappa shape index (κ3) is 4.10. The molecule has 1 aromatic heterocycles. The first-order chi connectivity index (χ1) is 10.9. The molecule has 0 aliphatic heterocycles. The molecule has 0 spiro atoms. The van der Waals surface area contributed by atoms with Crippen LogP contribution < -0.4 is 15.4 Å². The second kappa shape index (κ2) is 7.28. The molecule has 0 saturated heterocycles. The number of carbonyl (C=O) groups is 2. The number of hydrogen-bond acceptors (Lipinski definition) is 4. The molecule has 0 bridgehead atoms. The molecule has 2 amide bonds. The molecule has 0 saturated carbocycles. The molecule has 1 heterocycles. The molecule has 0 atom stereocenters. The molecular weight excluding hydrogens is 312 g/mol. The van der Waals surface area contributed by atoms with Crippen molar-refractivity contribution in [3.8, 4) is 5.75 Å². The molecule has 0 fully saturated rings. The minimum Gasteiger partial charge on any atom is -0.495 e. The van der Waals surface area contributed by atoms with E-state index in [-0.39, 0.29) is 11.8 Å². The number of benzene rings is 1. The number of aryl methyl sites for hydroxylation is 2. The van der Waals surface area contributed by atoms with Gasteiger partial charge < -0.3 is 15.4 Å². The summed E-state index contributed by atoms with van der Waals surface area (Å²) in [6.07, 6.45) is 0.908. The smallest absolute Gasteiger partial charge is 0.265 e. The van der Waals surface area contributed by atoms with Crippen LogP contribution in [0.2, 0.25) is 0 Å². The molecule has 0 radical (unpaired) electrons. The highest BCUT2D eigenvalue weighted by Crippen LogP contribution is 2.29. The Morgan fingerprint density at radius 1 is 1.22 bits per heavy atom. The lowest BCUT2D eigenvalue weighted by molar-refractivity contribution is -0.114. The van der Waals surface area contributed by atoms with Crippen molar-refractivity contribution in [1.29, 1.82) is 0 Å². The Morgan fingerprint density at radius 2 is 1.96 bits per heavy atom. The molecule has 6 heteroatoms. The highest BCUT2D eigenvalue weighted by molar-refractivity contribution is 7.14. The monoisotopic (exact) mass is 332 g/mol. The van der Waals surface area contributed by atoms with Gasteiger partial charge in [-0.25, -0.2) is 0 Å². The summed E-state index contributed by atoms with van der Waals surface area (Å²) >= 11 is 1.49. The normalized spacial score (nSPS) is 10.3. The van der Waals surface area contributed by atoms with Crippen LogP contribution >= 0.6 is 11.3 Å². The van der Waals surface area contributed by atoms with Crippen molar-refractivity contribution in [2.75, 3.05) is 17.7 Å². The van der Waals surface area contributed by atoms with Gasteiger partial charge in [0.05, 0.1) is 17.7 Å². The summed E-state index contributed by atoms with van der Waals surface area (Å²) in [4.78, 5) is 25.5. The molecule has 2 rings (SSSR count). The largest absolute Gasteiger partial charge is 0.495 e. The van der Waals surface area contributed by atoms with Crippen molar-refractivity contribution in [3.05, 3.63) is 39.6 Å². The summed E-state index contributed by atoms with van der Waals surface area (Å²) < 4.78 is 5.27. The summed E-state index contributed by atoms with van der Waals surface area (Å²) in [6, 6.07) is 7.00. The van der Waals surface area contributed by atoms with E-state index in [0.717, 1.165) is 12.0 Å². The van der Waals surface area contributed by atoms with Gasteiger partial charge in [0, 0.05) is 17.5 Å². The maximum Gasteiger partial charge on any atom is 0.265 e. The van der Waals surface area contributed by atoms with Crippen molar-refractivity contribution in [2.45, 2.75) is 27.2 Å². The lowest BCUT2D eigenvalue weighted by Crippen LogP contribution is -2.12. The number of hydrogen-bond donors (Lipinski definition) is 2. The molecular formula is C17H20N2O3S. The Balaban J connectivity index is 2.26.